The maximum atomic E-state index is 12.0. The minimum Gasteiger partial charge on any atom is -0.317 e. The van der Waals surface area contributed by atoms with Crippen molar-refractivity contribution in [3.05, 3.63) is 29.3 Å². The van der Waals surface area contributed by atoms with Gasteiger partial charge in [0.1, 0.15) is 5.01 Å². The molecule has 0 saturated carbocycles. The molecule has 0 aliphatic carbocycles. The topological polar surface area (TPSA) is 66.9 Å². The van der Waals surface area contributed by atoms with E-state index in [9.17, 15) is 4.79 Å². The van der Waals surface area contributed by atoms with Gasteiger partial charge in [-0.2, -0.15) is 0 Å². The monoisotopic (exact) mass is 350 g/mol. The van der Waals surface area contributed by atoms with Gasteiger partial charge in [0.2, 0.25) is 11.0 Å². The summed E-state index contributed by atoms with van der Waals surface area (Å²) in [6.45, 7) is 2.12. The molecule has 0 atom stereocenters. The van der Waals surface area contributed by atoms with Crippen LogP contribution in [-0.2, 0) is 4.79 Å². The number of carbonyl (C=O) groups is 1. The molecule has 7 heteroatoms. The number of piperidine rings is 1. The van der Waals surface area contributed by atoms with E-state index in [1.54, 1.807) is 0 Å². The van der Waals surface area contributed by atoms with E-state index >= 15 is 0 Å². The summed E-state index contributed by atoms with van der Waals surface area (Å²) in [5, 5.41) is 16.3. The lowest BCUT2D eigenvalue weighted by molar-refractivity contribution is -0.116. The molecule has 3 rings (SSSR count). The summed E-state index contributed by atoms with van der Waals surface area (Å²) in [6, 6.07) is 7.45. The van der Waals surface area contributed by atoms with Crippen LogP contribution in [0.5, 0.6) is 0 Å². The second-order valence-corrected chi connectivity index (χ2v) is 7.12. The van der Waals surface area contributed by atoms with Gasteiger partial charge in [0.05, 0.1) is 0 Å². The highest BCUT2D eigenvalue weighted by molar-refractivity contribution is 7.18. The Morgan fingerprint density at radius 1 is 1.35 bits per heavy atom. The van der Waals surface area contributed by atoms with Crippen molar-refractivity contribution in [1.29, 1.82) is 0 Å². The van der Waals surface area contributed by atoms with Gasteiger partial charge in [-0.15, -0.1) is 10.2 Å². The fraction of sp³-hybridized carbons (Fsp3) is 0.438. The molecule has 1 aliphatic rings. The molecular formula is C16H19ClN4OS. The Balaban J connectivity index is 1.53. The summed E-state index contributed by atoms with van der Waals surface area (Å²) in [5.41, 5.74) is 0.908. The normalized spacial score (nSPS) is 15.5. The molecule has 1 aliphatic heterocycles. The van der Waals surface area contributed by atoms with Crippen molar-refractivity contribution < 1.29 is 4.79 Å². The number of hydrogen-bond donors (Lipinski definition) is 2. The molecule has 1 saturated heterocycles. The summed E-state index contributed by atoms with van der Waals surface area (Å²) in [4.78, 5) is 12.0. The molecular weight excluding hydrogens is 332 g/mol. The van der Waals surface area contributed by atoms with Crippen molar-refractivity contribution in [2.75, 3.05) is 18.4 Å². The predicted molar refractivity (Wildman–Crippen MR) is 93.8 cm³/mol. The van der Waals surface area contributed by atoms with Crippen molar-refractivity contribution in [1.82, 2.24) is 15.5 Å². The number of halogens is 1. The molecule has 122 valence electrons. The fourth-order valence-corrected chi connectivity index (χ4v) is 3.65. The molecule has 1 fully saturated rings. The Kier molecular flexibility index (Phi) is 5.59. The van der Waals surface area contributed by atoms with Gasteiger partial charge in [-0.25, -0.2) is 0 Å². The van der Waals surface area contributed by atoms with Gasteiger partial charge < -0.3 is 10.6 Å². The molecule has 5 nitrogen and oxygen atoms in total. The van der Waals surface area contributed by atoms with E-state index in [1.165, 1.54) is 11.3 Å². The molecule has 0 bridgehead atoms. The Morgan fingerprint density at radius 3 is 2.96 bits per heavy atom. The molecule has 1 aromatic heterocycles. The lowest BCUT2D eigenvalue weighted by Crippen LogP contribution is -2.28. The first-order chi connectivity index (χ1) is 11.2. The van der Waals surface area contributed by atoms with Crippen molar-refractivity contribution in [2.45, 2.75) is 25.7 Å². The average Bonchev–Trinajstić information content (AvgIpc) is 3.02. The van der Waals surface area contributed by atoms with Crippen LogP contribution in [0, 0.1) is 5.92 Å². The number of rotatable bonds is 5. The van der Waals surface area contributed by atoms with Crippen LogP contribution in [0.4, 0.5) is 5.13 Å². The maximum absolute atomic E-state index is 12.0. The SMILES string of the molecule is O=C(CCC1CCNCC1)Nc1nnc(-c2cccc(Cl)c2)s1. The van der Waals surface area contributed by atoms with Gasteiger partial charge >= 0.3 is 0 Å². The quantitative estimate of drug-likeness (QED) is 0.865. The van der Waals surface area contributed by atoms with Gasteiger partial charge in [-0.1, -0.05) is 35.1 Å². The Bertz CT molecular complexity index is 670. The summed E-state index contributed by atoms with van der Waals surface area (Å²) >= 11 is 7.34. The van der Waals surface area contributed by atoms with Crippen LogP contribution in [0.15, 0.2) is 24.3 Å². The van der Waals surface area contributed by atoms with E-state index in [4.69, 9.17) is 11.6 Å². The largest absolute Gasteiger partial charge is 0.317 e. The van der Waals surface area contributed by atoms with Gasteiger partial charge in [-0.3, -0.25) is 4.79 Å². The van der Waals surface area contributed by atoms with Crippen LogP contribution in [0.25, 0.3) is 10.6 Å². The van der Waals surface area contributed by atoms with Crippen molar-refractivity contribution in [3.8, 4) is 10.6 Å². The summed E-state index contributed by atoms with van der Waals surface area (Å²) in [7, 11) is 0. The molecule has 23 heavy (non-hydrogen) atoms. The zero-order chi connectivity index (χ0) is 16.1. The number of aromatic nitrogens is 2. The first-order valence-corrected chi connectivity index (χ1v) is 9.00. The number of anilines is 1. The molecule has 1 amide bonds. The molecule has 0 radical (unpaired) electrons. The zero-order valence-corrected chi connectivity index (χ0v) is 14.3. The van der Waals surface area contributed by atoms with E-state index < -0.39 is 0 Å². The van der Waals surface area contributed by atoms with Gasteiger partial charge in [0.25, 0.3) is 0 Å². The van der Waals surface area contributed by atoms with Crippen molar-refractivity contribution in [2.24, 2.45) is 5.92 Å². The van der Waals surface area contributed by atoms with Gasteiger partial charge in [0, 0.05) is 17.0 Å². The lowest BCUT2D eigenvalue weighted by atomic mass is 9.93. The molecule has 2 heterocycles. The molecule has 2 aromatic rings. The number of amides is 1. The standard InChI is InChI=1S/C16H19ClN4OS/c17-13-3-1-2-12(10-13)15-20-21-16(23-15)19-14(22)5-4-11-6-8-18-9-7-11/h1-3,10-11,18H,4-9H2,(H,19,21,22). The smallest absolute Gasteiger partial charge is 0.226 e. The van der Waals surface area contributed by atoms with Crippen LogP contribution in [0.1, 0.15) is 25.7 Å². The van der Waals surface area contributed by atoms with E-state index in [0.717, 1.165) is 42.9 Å². The highest BCUT2D eigenvalue weighted by Crippen LogP contribution is 2.28. The summed E-state index contributed by atoms with van der Waals surface area (Å²) in [5.74, 6) is 0.663. The number of nitrogens with zero attached hydrogens (tertiary/aromatic N) is 2. The van der Waals surface area contributed by atoms with Gasteiger partial charge in [-0.05, 0) is 50.4 Å². The van der Waals surface area contributed by atoms with Crippen LogP contribution >= 0.6 is 22.9 Å². The zero-order valence-electron chi connectivity index (χ0n) is 12.7. The van der Waals surface area contributed by atoms with Gasteiger partial charge in [0.15, 0.2) is 0 Å². The minimum absolute atomic E-state index is 0.0114. The number of hydrogen-bond acceptors (Lipinski definition) is 5. The first-order valence-electron chi connectivity index (χ1n) is 7.81. The van der Waals surface area contributed by atoms with Crippen molar-refractivity contribution in [3.63, 3.8) is 0 Å². The second-order valence-electron chi connectivity index (χ2n) is 5.70. The van der Waals surface area contributed by atoms with Crippen LogP contribution in [0.3, 0.4) is 0 Å². The molecule has 0 spiro atoms. The highest BCUT2D eigenvalue weighted by atomic mass is 35.5. The van der Waals surface area contributed by atoms with E-state index in [1.807, 2.05) is 24.3 Å². The average molecular weight is 351 g/mol. The molecule has 2 N–H and O–H groups in total. The molecule has 1 aromatic carbocycles. The second kappa shape index (κ2) is 7.86. The maximum Gasteiger partial charge on any atom is 0.226 e. The first kappa shape index (κ1) is 16.4. The van der Waals surface area contributed by atoms with Crippen LogP contribution < -0.4 is 10.6 Å². The number of benzene rings is 1. The third-order valence-electron chi connectivity index (χ3n) is 3.98. The summed E-state index contributed by atoms with van der Waals surface area (Å²) < 4.78 is 0. The number of carbonyl (C=O) groups excluding carboxylic acids is 1. The third kappa shape index (κ3) is 4.73. The number of nitrogens with one attached hydrogen (secondary N) is 2. The highest BCUT2D eigenvalue weighted by Gasteiger charge is 2.15. The summed E-state index contributed by atoms with van der Waals surface area (Å²) in [6.07, 6.45) is 3.79. The van der Waals surface area contributed by atoms with Crippen LogP contribution in [-0.4, -0.2) is 29.2 Å². The van der Waals surface area contributed by atoms with E-state index in [-0.39, 0.29) is 5.91 Å². The minimum atomic E-state index is 0.0114. The third-order valence-corrected chi connectivity index (χ3v) is 5.10. The molecule has 0 unspecified atom stereocenters. The predicted octanol–water partition coefficient (Wildman–Crippen LogP) is 3.58. The van der Waals surface area contributed by atoms with E-state index in [0.29, 0.717) is 22.5 Å². The Morgan fingerprint density at radius 2 is 2.17 bits per heavy atom. The van der Waals surface area contributed by atoms with Crippen molar-refractivity contribution >= 4 is 34.0 Å². The van der Waals surface area contributed by atoms with E-state index in [2.05, 4.69) is 20.8 Å². The fourth-order valence-electron chi connectivity index (χ4n) is 2.70. The Labute approximate surface area is 144 Å². The Hall–Kier alpha value is -1.50. The van der Waals surface area contributed by atoms with Crippen LogP contribution in [0.2, 0.25) is 5.02 Å². The lowest BCUT2D eigenvalue weighted by Gasteiger charge is -2.21.